The number of aromatic nitrogens is 4. The number of imide groups is 1. The first-order valence-electron chi connectivity index (χ1n) is 6.95. The van der Waals surface area contributed by atoms with E-state index in [9.17, 15) is 9.59 Å². The standard InChI is InChI=1S/C13H16N6O2S/c1-7-5-10-17-18-13(19(10)8(2)14-7)22-6-11(20)16-12(21)15-9-3-4-9/h5,9H,3-4,6H2,1-2H3,(H2,15,16,20,21). The Balaban J connectivity index is 1.61. The molecule has 0 spiro atoms. The zero-order valence-corrected chi connectivity index (χ0v) is 13.1. The molecular weight excluding hydrogens is 304 g/mol. The highest BCUT2D eigenvalue weighted by atomic mass is 32.2. The molecule has 0 radical (unpaired) electrons. The van der Waals surface area contributed by atoms with Crippen LogP contribution in [0.3, 0.4) is 0 Å². The Bertz CT molecular complexity index is 739. The van der Waals surface area contributed by atoms with E-state index in [0.29, 0.717) is 10.8 Å². The summed E-state index contributed by atoms with van der Waals surface area (Å²) in [6, 6.07) is 1.61. The molecule has 0 aliphatic heterocycles. The van der Waals surface area contributed by atoms with E-state index in [4.69, 9.17) is 0 Å². The third kappa shape index (κ3) is 3.35. The molecule has 0 atom stereocenters. The summed E-state index contributed by atoms with van der Waals surface area (Å²) >= 11 is 1.22. The molecule has 2 N–H and O–H groups in total. The van der Waals surface area contributed by atoms with Crippen LogP contribution >= 0.6 is 11.8 Å². The fourth-order valence-electron chi connectivity index (χ4n) is 2.04. The quantitative estimate of drug-likeness (QED) is 0.809. The number of amides is 3. The summed E-state index contributed by atoms with van der Waals surface area (Å²) in [4.78, 5) is 27.6. The van der Waals surface area contributed by atoms with E-state index in [0.717, 1.165) is 24.4 Å². The van der Waals surface area contributed by atoms with E-state index in [1.165, 1.54) is 11.8 Å². The second kappa shape index (κ2) is 5.91. The van der Waals surface area contributed by atoms with Crippen molar-refractivity contribution in [2.75, 3.05) is 5.75 Å². The molecule has 3 rings (SSSR count). The Hall–Kier alpha value is -2.16. The Morgan fingerprint density at radius 3 is 2.86 bits per heavy atom. The minimum Gasteiger partial charge on any atom is -0.335 e. The zero-order chi connectivity index (χ0) is 15.7. The SMILES string of the molecule is Cc1cc2nnc(SCC(=O)NC(=O)NC3CC3)n2c(C)n1. The molecule has 9 heteroatoms. The van der Waals surface area contributed by atoms with Crippen LogP contribution in [0.25, 0.3) is 5.65 Å². The van der Waals surface area contributed by atoms with Crippen LogP contribution in [0.4, 0.5) is 4.79 Å². The van der Waals surface area contributed by atoms with E-state index in [1.54, 1.807) is 4.40 Å². The lowest BCUT2D eigenvalue weighted by Gasteiger charge is -2.05. The van der Waals surface area contributed by atoms with Crippen LogP contribution in [0.15, 0.2) is 11.2 Å². The fourth-order valence-corrected chi connectivity index (χ4v) is 2.82. The van der Waals surface area contributed by atoms with Crippen molar-refractivity contribution in [3.05, 3.63) is 17.6 Å². The van der Waals surface area contributed by atoms with E-state index >= 15 is 0 Å². The monoisotopic (exact) mass is 320 g/mol. The predicted molar refractivity (Wildman–Crippen MR) is 80.7 cm³/mol. The molecule has 0 unspecified atom stereocenters. The van der Waals surface area contributed by atoms with Crippen LogP contribution in [0.2, 0.25) is 0 Å². The number of nitrogens with zero attached hydrogens (tertiary/aromatic N) is 4. The van der Waals surface area contributed by atoms with Crippen LogP contribution in [-0.4, -0.2) is 43.3 Å². The summed E-state index contributed by atoms with van der Waals surface area (Å²) < 4.78 is 1.79. The summed E-state index contributed by atoms with van der Waals surface area (Å²) in [6.45, 7) is 3.75. The van der Waals surface area contributed by atoms with Gasteiger partial charge in [-0.15, -0.1) is 10.2 Å². The molecule has 116 valence electrons. The smallest absolute Gasteiger partial charge is 0.321 e. The van der Waals surface area contributed by atoms with Crippen molar-refractivity contribution in [3.8, 4) is 0 Å². The molecule has 0 aromatic carbocycles. The first kappa shape index (κ1) is 14.8. The molecule has 22 heavy (non-hydrogen) atoms. The minimum absolute atomic E-state index is 0.0895. The first-order chi connectivity index (χ1) is 10.5. The lowest BCUT2D eigenvalue weighted by molar-refractivity contribution is -0.117. The molecule has 0 bridgehead atoms. The Morgan fingerprint density at radius 1 is 1.36 bits per heavy atom. The van der Waals surface area contributed by atoms with Crippen molar-refractivity contribution >= 4 is 29.3 Å². The number of carbonyl (C=O) groups excluding carboxylic acids is 2. The Kier molecular flexibility index (Phi) is 3.97. The van der Waals surface area contributed by atoms with Gasteiger partial charge in [-0.05, 0) is 26.7 Å². The largest absolute Gasteiger partial charge is 0.335 e. The van der Waals surface area contributed by atoms with Gasteiger partial charge in [-0.25, -0.2) is 9.78 Å². The van der Waals surface area contributed by atoms with E-state index < -0.39 is 6.03 Å². The highest BCUT2D eigenvalue weighted by Crippen LogP contribution is 2.19. The van der Waals surface area contributed by atoms with Crippen molar-refractivity contribution in [2.45, 2.75) is 37.9 Å². The number of hydrogen-bond acceptors (Lipinski definition) is 6. The minimum atomic E-state index is -0.437. The third-order valence-corrected chi connectivity index (χ3v) is 4.08. The van der Waals surface area contributed by atoms with Gasteiger partial charge in [0.25, 0.3) is 0 Å². The van der Waals surface area contributed by atoms with Crippen LogP contribution in [-0.2, 0) is 4.79 Å². The molecule has 1 fully saturated rings. The highest BCUT2D eigenvalue weighted by Gasteiger charge is 2.24. The second-order valence-electron chi connectivity index (χ2n) is 5.21. The second-order valence-corrected chi connectivity index (χ2v) is 6.15. The third-order valence-electron chi connectivity index (χ3n) is 3.16. The van der Waals surface area contributed by atoms with E-state index in [1.807, 2.05) is 19.9 Å². The maximum atomic E-state index is 11.8. The van der Waals surface area contributed by atoms with Gasteiger partial charge in [-0.1, -0.05) is 11.8 Å². The molecular formula is C13H16N6O2S. The fraction of sp³-hybridized carbons (Fsp3) is 0.462. The molecule has 0 saturated heterocycles. The van der Waals surface area contributed by atoms with Gasteiger partial charge in [0.2, 0.25) is 5.91 Å². The number of thioether (sulfide) groups is 1. The summed E-state index contributed by atoms with van der Waals surface area (Å²) in [5.41, 5.74) is 1.56. The highest BCUT2D eigenvalue weighted by molar-refractivity contribution is 7.99. The van der Waals surface area contributed by atoms with Crippen LogP contribution in [0.5, 0.6) is 0 Å². The lowest BCUT2D eigenvalue weighted by atomic mass is 10.4. The average Bonchev–Trinajstić information content (AvgIpc) is 3.14. The molecule has 8 nitrogen and oxygen atoms in total. The Labute approximate surface area is 131 Å². The summed E-state index contributed by atoms with van der Waals surface area (Å²) in [5.74, 6) is 0.485. The average molecular weight is 320 g/mol. The van der Waals surface area contributed by atoms with Crippen LogP contribution < -0.4 is 10.6 Å². The molecule has 2 aromatic heterocycles. The van der Waals surface area contributed by atoms with Crippen molar-refractivity contribution < 1.29 is 9.59 Å². The first-order valence-corrected chi connectivity index (χ1v) is 7.94. The summed E-state index contributed by atoms with van der Waals surface area (Å²) in [6.07, 6.45) is 1.96. The summed E-state index contributed by atoms with van der Waals surface area (Å²) in [7, 11) is 0. The van der Waals surface area contributed by atoms with Crippen molar-refractivity contribution in [1.82, 2.24) is 30.2 Å². The number of carbonyl (C=O) groups is 2. The zero-order valence-electron chi connectivity index (χ0n) is 12.3. The van der Waals surface area contributed by atoms with Crippen LogP contribution in [0.1, 0.15) is 24.4 Å². The number of rotatable bonds is 4. The van der Waals surface area contributed by atoms with Gasteiger partial charge in [0, 0.05) is 17.8 Å². The van der Waals surface area contributed by atoms with Gasteiger partial charge in [0.1, 0.15) is 5.82 Å². The van der Waals surface area contributed by atoms with Gasteiger partial charge in [-0.3, -0.25) is 14.5 Å². The van der Waals surface area contributed by atoms with Crippen molar-refractivity contribution in [3.63, 3.8) is 0 Å². The number of fused-ring (bicyclic) bond motifs is 1. The van der Waals surface area contributed by atoms with Crippen LogP contribution in [0, 0.1) is 13.8 Å². The Morgan fingerprint density at radius 2 is 2.14 bits per heavy atom. The number of aryl methyl sites for hydroxylation is 2. The van der Waals surface area contributed by atoms with Gasteiger partial charge >= 0.3 is 6.03 Å². The molecule has 1 aliphatic carbocycles. The predicted octanol–water partition coefficient (Wildman–Crippen LogP) is 0.821. The maximum absolute atomic E-state index is 11.8. The van der Waals surface area contributed by atoms with Crippen molar-refractivity contribution in [1.29, 1.82) is 0 Å². The topological polar surface area (TPSA) is 101 Å². The van der Waals surface area contributed by atoms with Crippen molar-refractivity contribution in [2.24, 2.45) is 0 Å². The number of hydrogen-bond donors (Lipinski definition) is 2. The molecule has 1 aliphatic rings. The summed E-state index contributed by atoms with van der Waals surface area (Å²) in [5, 5.41) is 13.7. The number of nitrogens with one attached hydrogen (secondary N) is 2. The van der Waals surface area contributed by atoms with Gasteiger partial charge in [0.15, 0.2) is 10.8 Å². The van der Waals surface area contributed by atoms with E-state index in [-0.39, 0.29) is 17.7 Å². The molecule has 3 amide bonds. The number of urea groups is 1. The van der Waals surface area contributed by atoms with E-state index in [2.05, 4.69) is 25.8 Å². The van der Waals surface area contributed by atoms with Gasteiger partial charge in [0.05, 0.1) is 5.75 Å². The van der Waals surface area contributed by atoms with Gasteiger partial charge in [-0.2, -0.15) is 0 Å². The lowest BCUT2D eigenvalue weighted by Crippen LogP contribution is -2.41. The molecule has 1 saturated carbocycles. The maximum Gasteiger partial charge on any atom is 0.321 e. The van der Waals surface area contributed by atoms with Gasteiger partial charge < -0.3 is 5.32 Å². The molecule has 2 heterocycles. The molecule has 2 aromatic rings. The normalized spacial score (nSPS) is 14.1.